The van der Waals surface area contributed by atoms with Crippen LogP contribution in [0.1, 0.15) is 24.0 Å². The van der Waals surface area contributed by atoms with Crippen LogP contribution >= 0.6 is 0 Å². The van der Waals surface area contributed by atoms with Crippen LogP contribution in [0.2, 0.25) is 0 Å². The lowest BCUT2D eigenvalue weighted by molar-refractivity contribution is -0.139. The van der Waals surface area contributed by atoms with E-state index < -0.39 is 12.1 Å². The molecule has 1 rings (SSSR count). The summed E-state index contributed by atoms with van der Waals surface area (Å²) in [5.41, 5.74) is 0.516. The van der Waals surface area contributed by atoms with Gasteiger partial charge in [-0.15, -0.1) is 0 Å². The smallest absolute Gasteiger partial charge is 0.306 e. The Kier molecular flexibility index (Phi) is 3.02. The highest BCUT2D eigenvalue weighted by Gasteiger charge is 2.18. The summed E-state index contributed by atoms with van der Waals surface area (Å²) in [4.78, 5) is 10.4. The number of hydrogen-bond acceptors (Lipinski definition) is 4. The SMILES string of the molecule is COC(CC(=O)O)c1cc(C)on1. The minimum atomic E-state index is -0.924. The first-order chi connectivity index (χ1) is 6.13. The number of carboxylic acids is 1. The van der Waals surface area contributed by atoms with E-state index in [0.29, 0.717) is 11.5 Å². The van der Waals surface area contributed by atoms with E-state index in [-0.39, 0.29) is 6.42 Å². The lowest BCUT2D eigenvalue weighted by atomic mass is 10.2. The molecule has 5 heteroatoms. The lowest BCUT2D eigenvalue weighted by Crippen LogP contribution is -2.08. The summed E-state index contributed by atoms with van der Waals surface area (Å²) in [5, 5.41) is 12.2. The van der Waals surface area contributed by atoms with Gasteiger partial charge in [0, 0.05) is 13.2 Å². The van der Waals surface area contributed by atoms with Crippen LogP contribution in [0.4, 0.5) is 0 Å². The number of carboxylic acid groups (broad SMARTS) is 1. The van der Waals surface area contributed by atoms with E-state index in [1.807, 2.05) is 0 Å². The fourth-order valence-electron chi connectivity index (χ4n) is 1.00. The molecule has 72 valence electrons. The number of carbonyl (C=O) groups is 1. The molecular formula is C8H11NO4. The molecule has 1 heterocycles. The van der Waals surface area contributed by atoms with Gasteiger partial charge in [-0.2, -0.15) is 0 Å². The van der Waals surface area contributed by atoms with Gasteiger partial charge in [0.2, 0.25) is 0 Å². The maximum absolute atomic E-state index is 10.4. The fourth-order valence-corrected chi connectivity index (χ4v) is 1.00. The Morgan fingerprint density at radius 1 is 1.85 bits per heavy atom. The van der Waals surface area contributed by atoms with Crippen molar-refractivity contribution in [2.24, 2.45) is 0 Å². The molecule has 0 spiro atoms. The minimum absolute atomic E-state index is 0.109. The van der Waals surface area contributed by atoms with E-state index in [2.05, 4.69) is 5.16 Å². The van der Waals surface area contributed by atoms with E-state index in [1.165, 1.54) is 7.11 Å². The number of nitrogens with zero attached hydrogens (tertiary/aromatic N) is 1. The Morgan fingerprint density at radius 3 is 2.92 bits per heavy atom. The van der Waals surface area contributed by atoms with Crippen LogP contribution in [-0.2, 0) is 9.53 Å². The van der Waals surface area contributed by atoms with Crippen LogP contribution < -0.4 is 0 Å². The molecule has 1 aromatic rings. The predicted molar refractivity (Wildman–Crippen MR) is 43.2 cm³/mol. The third-order valence-electron chi connectivity index (χ3n) is 1.62. The summed E-state index contributed by atoms with van der Waals surface area (Å²) >= 11 is 0. The monoisotopic (exact) mass is 185 g/mol. The Balaban J connectivity index is 2.72. The maximum atomic E-state index is 10.4. The lowest BCUT2D eigenvalue weighted by Gasteiger charge is -2.07. The zero-order chi connectivity index (χ0) is 9.84. The van der Waals surface area contributed by atoms with E-state index in [0.717, 1.165) is 0 Å². The van der Waals surface area contributed by atoms with Crippen LogP contribution in [0.15, 0.2) is 10.6 Å². The van der Waals surface area contributed by atoms with Gasteiger partial charge in [-0.1, -0.05) is 5.16 Å². The Morgan fingerprint density at radius 2 is 2.54 bits per heavy atom. The highest BCUT2D eigenvalue weighted by Crippen LogP contribution is 2.19. The van der Waals surface area contributed by atoms with E-state index in [9.17, 15) is 4.79 Å². The van der Waals surface area contributed by atoms with Crippen LogP contribution in [0, 0.1) is 6.92 Å². The first kappa shape index (κ1) is 9.73. The van der Waals surface area contributed by atoms with Crippen LogP contribution in [0.5, 0.6) is 0 Å². The third-order valence-corrected chi connectivity index (χ3v) is 1.62. The van der Waals surface area contributed by atoms with Crippen molar-refractivity contribution in [3.8, 4) is 0 Å². The fraction of sp³-hybridized carbons (Fsp3) is 0.500. The summed E-state index contributed by atoms with van der Waals surface area (Å²) in [6.45, 7) is 1.74. The zero-order valence-corrected chi connectivity index (χ0v) is 7.48. The second-order valence-corrected chi connectivity index (χ2v) is 2.68. The van der Waals surface area contributed by atoms with Crippen LogP contribution in [-0.4, -0.2) is 23.3 Å². The predicted octanol–water partition coefficient (Wildman–Crippen LogP) is 1.15. The molecule has 1 N–H and O–H groups in total. The number of aliphatic carboxylic acids is 1. The molecule has 1 atom stereocenters. The molecule has 0 aliphatic rings. The van der Waals surface area contributed by atoms with Crippen molar-refractivity contribution in [3.63, 3.8) is 0 Å². The normalized spacial score (nSPS) is 12.8. The highest BCUT2D eigenvalue weighted by atomic mass is 16.5. The quantitative estimate of drug-likeness (QED) is 0.761. The molecule has 0 bridgehead atoms. The van der Waals surface area contributed by atoms with E-state index >= 15 is 0 Å². The summed E-state index contributed by atoms with van der Waals surface area (Å²) in [7, 11) is 1.44. The van der Waals surface area contributed by atoms with Crippen molar-refractivity contribution in [2.45, 2.75) is 19.4 Å². The van der Waals surface area contributed by atoms with Crippen molar-refractivity contribution in [1.29, 1.82) is 0 Å². The minimum Gasteiger partial charge on any atom is -0.481 e. The molecule has 0 saturated heterocycles. The number of aromatic nitrogens is 1. The maximum Gasteiger partial charge on any atom is 0.306 e. The summed E-state index contributed by atoms with van der Waals surface area (Å²) in [5.74, 6) is -0.282. The van der Waals surface area contributed by atoms with Gasteiger partial charge in [0.05, 0.1) is 6.42 Å². The molecular weight excluding hydrogens is 174 g/mol. The molecule has 5 nitrogen and oxygen atoms in total. The van der Waals surface area contributed by atoms with Gasteiger partial charge in [-0.05, 0) is 6.92 Å². The van der Waals surface area contributed by atoms with Crippen LogP contribution in [0.3, 0.4) is 0 Å². The second-order valence-electron chi connectivity index (χ2n) is 2.68. The van der Waals surface area contributed by atoms with Gasteiger partial charge in [0.1, 0.15) is 17.6 Å². The highest BCUT2D eigenvalue weighted by molar-refractivity contribution is 5.67. The van der Waals surface area contributed by atoms with Crippen molar-refractivity contribution in [3.05, 3.63) is 17.5 Å². The number of rotatable bonds is 4. The largest absolute Gasteiger partial charge is 0.481 e. The first-order valence-electron chi connectivity index (χ1n) is 3.81. The number of methoxy groups -OCH3 is 1. The number of hydrogen-bond donors (Lipinski definition) is 1. The molecule has 0 saturated carbocycles. The zero-order valence-electron chi connectivity index (χ0n) is 7.48. The standard InChI is InChI=1S/C8H11NO4/c1-5-3-6(9-13-5)7(12-2)4-8(10)11/h3,7H,4H2,1-2H3,(H,10,11). The summed E-state index contributed by atoms with van der Waals surface area (Å²) in [6.07, 6.45) is -0.641. The van der Waals surface area contributed by atoms with E-state index in [1.54, 1.807) is 13.0 Å². The molecule has 0 amide bonds. The van der Waals surface area contributed by atoms with Gasteiger partial charge in [0.15, 0.2) is 0 Å². The Labute approximate surface area is 75.3 Å². The first-order valence-corrected chi connectivity index (χ1v) is 3.81. The van der Waals surface area contributed by atoms with E-state index in [4.69, 9.17) is 14.4 Å². The van der Waals surface area contributed by atoms with Gasteiger partial charge in [-0.3, -0.25) is 4.79 Å². The van der Waals surface area contributed by atoms with Crippen molar-refractivity contribution in [1.82, 2.24) is 5.16 Å². The molecule has 0 aliphatic heterocycles. The van der Waals surface area contributed by atoms with Gasteiger partial charge < -0.3 is 14.4 Å². The molecule has 13 heavy (non-hydrogen) atoms. The van der Waals surface area contributed by atoms with Gasteiger partial charge in [-0.25, -0.2) is 0 Å². The van der Waals surface area contributed by atoms with Crippen molar-refractivity contribution < 1.29 is 19.2 Å². The molecule has 1 unspecified atom stereocenters. The molecule has 0 aliphatic carbocycles. The average Bonchev–Trinajstić information content (AvgIpc) is 2.47. The molecule has 0 aromatic carbocycles. The molecule has 1 aromatic heterocycles. The van der Waals surface area contributed by atoms with Gasteiger partial charge >= 0.3 is 5.97 Å². The van der Waals surface area contributed by atoms with Crippen LogP contribution in [0.25, 0.3) is 0 Å². The number of ether oxygens (including phenoxy) is 1. The summed E-state index contributed by atoms with van der Waals surface area (Å²) in [6, 6.07) is 1.66. The second kappa shape index (κ2) is 4.04. The average molecular weight is 185 g/mol. The molecule has 0 fully saturated rings. The topological polar surface area (TPSA) is 72.6 Å². The molecule has 0 radical (unpaired) electrons. The van der Waals surface area contributed by atoms with Crippen molar-refractivity contribution in [2.75, 3.05) is 7.11 Å². The summed E-state index contributed by atoms with van der Waals surface area (Å²) < 4.78 is 9.76. The number of aryl methyl sites for hydroxylation is 1. The third kappa shape index (κ3) is 2.55. The van der Waals surface area contributed by atoms with Gasteiger partial charge in [0.25, 0.3) is 0 Å². The Hall–Kier alpha value is -1.36. The Bertz CT molecular complexity index is 294. The van der Waals surface area contributed by atoms with Crippen molar-refractivity contribution >= 4 is 5.97 Å².